The predicted molar refractivity (Wildman–Crippen MR) is 97.5 cm³/mol. The van der Waals surface area contributed by atoms with Crippen LogP contribution in [0.3, 0.4) is 0 Å². The third kappa shape index (κ3) is 3.39. The van der Waals surface area contributed by atoms with E-state index in [1.54, 1.807) is 29.5 Å². The third-order valence-electron chi connectivity index (χ3n) is 3.81. The van der Waals surface area contributed by atoms with Gasteiger partial charge in [-0.3, -0.25) is 4.79 Å². The van der Waals surface area contributed by atoms with Gasteiger partial charge in [-0.1, -0.05) is 6.07 Å². The van der Waals surface area contributed by atoms with Gasteiger partial charge in [0.15, 0.2) is 11.5 Å². The Morgan fingerprint density at radius 2 is 2.04 bits per heavy atom. The predicted octanol–water partition coefficient (Wildman–Crippen LogP) is 3.67. The lowest BCUT2D eigenvalue weighted by Crippen LogP contribution is -2.28. The summed E-state index contributed by atoms with van der Waals surface area (Å²) in [6.45, 7) is 0.321. The number of carbonyl (C=O) groups is 1. The molecule has 0 radical (unpaired) electrons. The molecule has 2 aromatic heterocycles. The van der Waals surface area contributed by atoms with Crippen LogP contribution in [-0.4, -0.2) is 24.4 Å². The second kappa shape index (κ2) is 6.87. The molecule has 0 spiro atoms. The number of benzene rings is 1. The molecule has 0 unspecified atom stereocenters. The van der Waals surface area contributed by atoms with Crippen LogP contribution in [0, 0.1) is 0 Å². The molecule has 0 saturated heterocycles. The second-order valence-corrected chi connectivity index (χ2v) is 7.54. The third-order valence-corrected chi connectivity index (χ3v) is 6.06. The number of rotatable bonds is 5. The Morgan fingerprint density at radius 1 is 1.16 bits per heavy atom. The monoisotopic (exact) mass is 373 g/mol. The summed E-state index contributed by atoms with van der Waals surface area (Å²) in [5.74, 6) is 0.940. The van der Waals surface area contributed by atoms with Gasteiger partial charge in [0.1, 0.15) is 6.10 Å². The molecule has 3 aromatic rings. The van der Waals surface area contributed by atoms with E-state index in [1.807, 2.05) is 29.6 Å². The lowest BCUT2D eigenvalue weighted by molar-refractivity contribution is 0.0917. The van der Waals surface area contributed by atoms with Crippen molar-refractivity contribution in [3.63, 3.8) is 0 Å². The van der Waals surface area contributed by atoms with Gasteiger partial charge < -0.3 is 19.9 Å². The number of carbonyl (C=O) groups excluding carboxylic acids is 1. The molecule has 1 atom stereocenters. The topological polar surface area (TPSA) is 67.8 Å². The molecular weight excluding hydrogens is 358 g/mol. The minimum atomic E-state index is -0.739. The van der Waals surface area contributed by atoms with E-state index in [9.17, 15) is 9.90 Å². The molecule has 4 rings (SSSR count). The summed E-state index contributed by atoms with van der Waals surface area (Å²) in [7, 11) is 0. The number of nitrogens with one attached hydrogen (secondary N) is 1. The maximum absolute atomic E-state index is 12.3. The summed E-state index contributed by atoms with van der Waals surface area (Å²) < 4.78 is 10.5. The van der Waals surface area contributed by atoms with Crippen molar-refractivity contribution in [2.75, 3.05) is 13.3 Å². The van der Waals surface area contributed by atoms with E-state index in [1.165, 1.54) is 16.2 Å². The molecule has 1 aliphatic heterocycles. The van der Waals surface area contributed by atoms with Gasteiger partial charge >= 0.3 is 0 Å². The molecule has 2 N–H and O–H groups in total. The van der Waals surface area contributed by atoms with Gasteiger partial charge in [-0.05, 0) is 41.8 Å². The largest absolute Gasteiger partial charge is 0.454 e. The van der Waals surface area contributed by atoms with Crippen LogP contribution in [-0.2, 0) is 0 Å². The molecule has 128 valence electrons. The molecule has 0 fully saturated rings. The van der Waals surface area contributed by atoms with E-state index >= 15 is 0 Å². The minimum absolute atomic E-state index is 0.150. The molecule has 0 aliphatic carbocycles. The first kappa shape index (κ1) is 16.1. The Hall–Kier alpha value is -2.35. The highest BCUT2D eigenvalue weighted by Crippen LogP contribution is 2.34. The number of fused-ring (bicyclic) bond motifs is 1. The highest BCUT2D eigenvalue weighted by Gasteiger charge is 2.18. The average molecular weight is 373 g/mol. The lowest BCUT2D eigenvalue weighted by Gasteiger charge is -2.10. The van der Waals surface area contributed by atoms with Gasteiger partial charge in [0.2, 0.25) is 6.79 Å². The van der Waals surface area contributed by atoms with Gasteiger partial charge in [-0.15, -0.1) is 22.7 Å². The number of amides is 1. The van der Waals surface area contributed by atoms with E-state index in [2.05, 4.69) is 5.32 Å². The summed E-state index contributed by atoms with van der Waals surface area (Å²) >= 11 is 3.20. The smallest absolute Gasteiger partial charge is 0.251 e. The van der Waals surface area contributed by atoms with Crippen LogP contribution < -0.4 is 14.8 Å². The molecule has 1 aromatic carbocycles. The molecule has 0 bridgehead atoms. The van der Waals surface area contributed by atoms with Crippen LogP contribution in [0.1, 0.15) is 21.3 Å². The Balaban J connectivity index is 1.38. The van der Waals surface area contributed by atoms with Crippen LogP contribution in [0.2, 0.25) is 0 Å². The standard InChI is InChI=1S/C18H15NO4S2/c20-12(15-5-6-17(25-15)16-2-1-7-24-16)9-19-18(21)11-3-4-13-14(8-11)23-10-22-13/h1-8,12,20H,9-10H2,(H,19,21)/t12-/m1/s1. The zero-order chi connectivity index (χ0) is 17.2. The molecule has 25 heavy (non-hydrogen) atoms. The van der Waals surface area contributed by atoms with Gasteiger partial charge in [0.25, 0.3) is 5.91 Å². The van der Waals surface area contributed by atoms with Gasteiger partial charge in [-0.25, -0.2) is 0 Å². The molecule has 3 heterocycles. The highest BCUT2D eigenvalue weighted by molar-refractivity contribution is 7.21. The number of aliphatic hydroxyl groups excluding tert-OH is 1. The van der Waals surface area contributed by atoms with Gasteiger partial charge in [0, 0.05) is 26.7 Å². The Labute approximate surface area is 152 Å². The van der Waals surface area contributed by atoms with Crippen molar-refractivity contribution in [3.8, 4) is 21.3 Å². The SMILES string of the molecule is O=C(NC[C@@H](O)c1ccc(-c2cccs2)s1)c1ccc2c(c1)OCO2. The first-order valence-corrected chi connectivity index (χ1v) is 9.40. The van der Waals surface area contributed by atoms with E-state index in [-0.39, 0.29) is 19.2 Å². The number of hydrogen-bond acceptors (Lipinski definition) is 6. The van der Waals surface area contributed by atoms with Crippen LogP contribution in [0.4, 0.5) is 0 Å². The van der Waals surface area contributed by atoms with Crippen molar-refractivity contribution in [2.24, 2.45) is 0 Å². The number of hydrogen-bond donors (Lipinski definition) is 2. The summed E-state index contributed by atoms with van der Waals surface area (Å²) in [5.41, 5.74) is 0.474. The molecule has 1 amide bonds. The van der Waals surface area contributed by atoms with Crippen LogP contribution >= 0.6 is 22.7 Å². The van der Waals surface area contributed by atoms with Crippen molar-refractivity contribution >= 4 is 28.6 Å². The lowest BCUT2D eigenvalue weighted by atomic mass is 10.2. The summed E-state index contributed by atoms with van der Waals surface area (Å²) in [6.07, 6.45) is -0.739. The van der Waals surface area contributed by atoms with Crippen LogP contribution in [0.25, 0.3) is 9.75 Å². The normalized spacial score (nSPS) is 13.6. The zero-order valence-corrected chi connectivity index (χ0v) is 14.7. The van der Waals surface area contributed by atoms with Crippen LogP contribution in [0.5, 0.6) is 11.5 Å². The van der Waals surface area contributed by atoms with E-state index in [0.29, 0.717) is 17.1 Å². The van der Waals surface area contributed by atoms with Crippen molar-refractivity contribution in [3.05, 3.63) is 58.3 Å². The first-order valence-electron chi connectivity index (χ1n) is 7.70. The van der Waals surface area contributed by atoms with Crippen molar-refractivity contribution in [2.45, 2.75) is 6.10 Å². The van der Waals surface area contributed by atoms with Gasteiger partial charge in [0.05, 0.1) is 0 Å². The number of aliphatic hydroxyl groups is 1. The number of ether oxygens (including phenoxy) is 2. The first-order chi connectivity index (χ1) is 12.2. The zero-order valence-electron chi connectivity index (χ0n) is 13.1. The quantitative estimate of drug-likeness (QED) is 0.716. The van der Waals surface area contributed by atoms with Crippen molar-refractivity contribution < 1.29 is 19.4 Å². The van der Waals surface area contributed by atoms with Crippen molar-refractivity contribution in [1.29, 1.82) is 0 Å². The number of thiophene rings is 2. The fourth-order valence-corrected chi connectivity index (χ4v) is 4.34. The molecular formula is C18H15NO4S2. The Morgan fingerprint density at radius 3 is 2.88 bits per heavy atom. The van der Waals surface area contributed by atoms with E-state index < -0.39 is 6.10 Å². The van der Waals surface area contributed by atoms with Crippen LogP contribution in [0.15, 0.2) is 47.8 Å². The van der Waals surface area contributed by atoms with Gasteiger partial charge in [-0.2, -0.15) is 0 Å². The Bertz CT molecular complexity index is 888. The molecule has 0 saturated carbocycles. The average Bonchev–Trinajstić information content (AvgIpc) is 3.38. The second-order valence-electron chi connectivity index (χ2n) is 5.47. The summed E-state index contributed by atoms with van der Waals surface area (Å²) in [5, 5.41) is 15.1. The maximum atomic E-state index is 12.3. The minimum Gasteiger partial charge on any atom is -0.454 e. The van der Waals surface area contributed by atoms with E-state index in [0.717, 1.165) is 9.75 Å². The molecule has 1 aliphatic rings. The Kier molecular flexibility index (Phi) is 4.44. The molecule has 5 nitrogen and oxygen atoms in total. The van der Waals surface area contributed by atoms with Crippen molar-refractivity contribution in [1.82, 2.24) is 5.32 Å². The fraction of sp³-hybridized carbons (Fsp3) is 0.167. The summed E-state index contributed by atoms with van der Waals surface area (Å²) in [4.78, 5) is 15.4. The fourth-order valence-electron chi connectivity index (χ4n) is 2.51. The highest BCUT2D eigenvalue weighted by atomic mass is 32.1. The maximum Gasteiger partial charge on any atom is 0.251 e. The molecule has 7 heteroatoms. The van der Waals surface area contributed by atoms with E-state index in [4.69, 9.17) is 9.47 Å². The summed E-state index contributed by atoms with van der Waals surface area (Å²) in [6, 6.07) is 13.0.